The average Bonchev–Trinajstić information content (AvgIpc) is 2.74. The molecule has 0 saturated heterocycles. The van der Waals surface area contributed by atoms with Crippen molar-refractivity contribution in [1.82, 2.24) is 4.90 Å². The van der Waals surface area contributed by atoms with Gasteiger partial charge in [0.2, 0.25) is 5.91 Å². The van der Waals surface area contributed by atoms with Crippen molar-refractivity contribution in [1.29, 1.82) is 0 Å². The highest BCUT2D eigenvalue weighted by atomic mass is 32.2. The SMILES string of the molecule is COc1ccc2c(c1)CCN(C(=O)CCS(C)(=O)=O)[C@H]2C(=O)Cc1ccc(C(C)(C)C)c(F)c1. The number of carbonyl (C=O) groups is 2. The Kier molecular flexibility index (Phi) is 7.50. The highest BCUT2D eigenvalue weighted by Crippen LogP contribution is 2.34. The Morgan fingerprint density at radius 3 is 2.44 bits per heavy atom. The molecular weight excluding hydrogens is 457 g/mol. The fourth-order valence-electron chi connectivity index (χ4n) is 4.34. The molecule has 184 valence electrons. The average molecular weight is 490 g/mol. The number of ketones is 1. The lowest BCUT2D eigenvalue weighted by Crippen LogP contribution is -2.44. The van der Waals surface area contributed by atoms with E-state index in [1.165, 1.54) is 11.0 Å². The van der Waals surface area contributed by atoms with Crippen LogP contribution in [0, 0.1) is 5.82 Å². The van der Waals surface area contributed by atoms with Crippen molar-refractivity contribution in [3.63, 3.8) is 0 Å². The van der Waals surface area contributed by atoms with Crippen LogP contribution in [-0.2, 0) is 37.7 Å². The second kappa shape index (κ2) is 9.86. The van der Waals surface area contributed by atoms with E-state index in [-0.39, 0.29) is 48.1 Å². The van der Waals surface area contributed by atoms with Gasteiger partial charge in [-0.05, 0) is 52.3 Å². The number of ether oxygens (including phenoxy) is 1. The molecule has 0 aliphatic carbocycles. The van der Waals surface area contributed by atoms with Crippen LogP contribution in [0.3, 0.4) is 0 Å². The number of Topliss-reactive ketones (excluding diaryl/α,β-unsaturated/α-hetero) is 1. The van der Waals surface area contributed by atoms with Gasteiger partial charge in [0.1, 0.15) is 27.4 Å². The van der Waals surface area contributed by atoms with Crippen LogP contribution >= 0.6 is 0 Å². The standard InChI is InChI=1S/C26H32FNO5S/c1-26(2,3)21-9-6-17(14-22(21)27)15-23(29)25-20-8-7-19(33-4)16-18(20)10-12-28(25)24(30)11-13-34(5,31)32/h6-9,14,16,25H,10-13,15H2,1-5H3/t25-/m1/s1. The van der Waals surface area contributed by atoms with E-state index in [1.54, 1.807) is 31.4 Å². The molecule has 1 aliphatic heterocycles. The molecule has 2 aromatic carbocycles. The first-order valence-electron chi connectivity index (χ1n) is 11.3. The van der Waals surface area contributed by atoms with Crippen molar-refractivity contribution in [2.45, 2.75) is 51.5 Å². The molecule has 1 aliphatic rings. The van der Waals surface area contributed by atoms with Gasteiger partial charge in [0.15, 0.2) is 5.78 Å². The van der Waals surface area contributed by atoms with Crippen LogP contribution in [0.2, 0.25) is 0 Å². The number of fused-ring (bicyclic) bond motifs is 1. The third-order valence-corrected chi connectivity index (χ3v) is 7.06. The van der Waals surface area contributed by atoms with Gasteiger partial charge < -0.3 is 9.64 Å². The first-order chi connectivity index (χ1) is 15.8. The maximum atomic E-state index is 14.7. The van der Waals surface area contributed by atoms with Gasteiger partial charge in [-0.3, -0.25) is 9.59 Å². The van der Waals surface area contributed by atoms with Crippen LogP contribution in [0.25, 0.3) is 0 Å². The van der Waals surface area contributed by atoms with Crippen molar-refractivity contribution >= 4 is 21.5 Å². The van der Waals surface area contributed by atoms with Crippen LogP contribution in [0.5, 0.6) is 5.75 Å². The lowest BCUT2D eigenvalue weighted by Gasteiger charge is -2.37. The zero-order valence-electron chi connectivity index (χ0n) is 20.4. The summed E-state index contributed by atoms with van der Waals surface area (Å²) in [6.07, 6.45) is 1.36. The summed E-state index contributed by atoms with van der Waals surface area (Å²) < 4.78 is 43.2. The molecule has 0 radical (unpaired) electrons. The molecule has 0 unspecified atom stereocenters. The number of halogens is 1. The number of hydrogen-bond donors (Lipinski definition) is 0. The Bertz CT molecular complexity index is 1200. The van der Waals surface area contributed by atoms with Crippen molar-refractivity contribution in [2.24, 2.45) is 0 Å². The van der Waals surface area contributed by atoms with Crippen molar-refractivity contribution < 1.29 is 27.1 Å². The Morgan fingerprint density at radius 2 is 1.85 bits per heavy atom. The van der Waals surface area contributed by atoms with Gasteiger partial charge in [0, 0.05) is 25.6 Å². The molecule has 0 bridgehead atoms. The summed E-state index contributed by atoms with van der Waals surface area (Å²) in [7, 11) is -1.77. The van der Waals surface area contributed by atoms with Gasteiger partial charge in [-0.25, -0.2) is 12.8 Å². The number of methoxy groups -OCH3 is 1. The maximum Gasteiger partial charge on any atom is 0.224 e. The number of amides is 1. The molecule has 0 spiro atoms. The summed E-state index contributed by atoms with van der Waals surface area (Å²) in [5.41, 5.74) is 2.32. The summed E-state index contributed by atoms with van der Waals surface area (Å²) in [6, 6.07) is 9.32. The minimum absolute atomic E-state index is 0.0483. The highest BCUT2D eigenvalue weighted by Gasteiger charge is 2.36. The molecule has 1 amide bonds. The monoisotopic (exact) mass is 489 g/mol. The molecular formula is C26H32FNO5S. The van der Waals surface area contributed by atoms with Crippen LogP contribution in [0.15, 0.2) is 36.4 Å². The van der Waals surface area contributed by atoms with E-state index >= 15 is 0 Å². The summed E-state index contributed by atoms with van der Waals surface area (Å²) in [5.74, 6) is -0.631. The Balaban J connectivity index is 1.93. The van der Waals surface area contributed by atoms with E-state index in [4.69, 9.17) is 4.74 Å². The van der Waals surface area contributed by atoms with Crippen molar-refractivity contribution in [3.8, 4) is 5.75 Å². The zero-order chi connectivity index (χ0) is 25.3. The van der Waals surface area contributed by atoms with E-state index in [0.29, 0.717) is 28.9 Å². The molecule has 34 heavy (non-hydrogen) atoms. The molecule has 6 nitrogen and oxygen atoms in total. The van der Waals surface area contributed by atoms with Gasteiger partial charge in [-0.2, -0.15) is 0 Å². The fraction of sp³-hybridized carbons (Fsp3) is 0.462. The molecule has 0 fully saturated rings. The van der Waals surface area contributed by atoms with Crippen LogP contribution in [0.4, 0.5) is 4.39 Å². The van der Waals surface area contributed by atoms with E-state index < -0.39 is 15.9 Å². The second-order valence-electron chi connectivity index (χ2n) is 9.89. The van der Waals surface area contributed by atoms with Crippen LogP contribution < -0.4 is 4.74 Å². The number of carbonyl (C=O) groups excluding carboxylic acids is 2. The minimum Gasteiger partial charge on any atom is -0.497 e. The minimum atomic E-state index is -3.33. The first kappa shape index (κ1) is 25.9. The summed E-state index contributed by atoms with van der Waals surface area (Å²) in [5, 5.41) is 0. The third-order valence-electron chi connectivity index (χ3n) is 6.11. The van der Waals surface area contributed by atoms with E-state index in [9.17, 15) is 22.4 Å². The normalized spacial score (nSPS) is 16.2. The first-order valence-corrected chi connectivity index (χ1v) is 13.3. The number of rotatable bonds is 7. The topological polar surface area (TPSA) is 80.8 Å². The van der Waals surface area contributed by atoms with Gasteiger partial charge in [0.25, 0.3) is 0 Å². The molecule has 1 atom stereocenters. The largest absolute Gasteiger partial charge is 0.497 e. The predicted octanol–water partition coefficient (Wildman–Crippen LogP) is 3.80. The quantitative estimate of drug-likeness (QED) is 0.591. The van der Waals surface area contributed by atoms with Crippen molar-refractivity contribution in [2.75, 3.05) is 25.7 Å². The molecule has 0 aromatic heterocycles. The third kappa shape index (κ3) is 6.03. The molecule has 2 aromatic rings. The smallest absolute Gasteiger partial charge is 0.224 e. The number of nitrogens with zero attached hydrogens (tertiary/aromatic N) is 1. The Hall–Kier alpha value is -2.74. The van der Waals surface area contributed by atoms with Crippen LogP contribution in [-0.4, -0.2) is 50.7 Å². The van der Waals surface area contributed by atoms with Gasteiger partial charge in [-0.1, -0.05) is 39.0 Å². The Morgan fingerprint density at radius 1 is 1.15 bits per heavy atom. The molecule has 3 rings (SSSR count). The summed E-state index contributed by atoms with van der Waals surface area (Å²) in [6.45, 7) is 6.05. The van der Waals surface area contributed by atoms with E-state index in [2.05, 4.69) is 0 Å². The lowest BCUT2D eigenvalue weighted by molar-refractivity contribution is -0.140. The number of benzene rings is 2. The molecule has 1 heterocycles. The Labute approximate surface area is 201 Å². The van der Waals surface area contributed by atoms with E-state index in [1.807, 2.05) is 26.8 Å². The molecule has 8 heteroatoms. The van der Waals surface area contributed by atoms with E-state index in [0.717, 1.165) is 11.8 Å². The second-order valence-corrected chi connectivity index (χ2v) is 12.2. The predicted molar refractivity (Wildman–Crippen MR) is 129 cm³/mol. The van der Waals surface area contributed by atoms with Crippen LogP contribution in [0.1, 0.15) is 55.5 Å². The maximum absolute atomic E-state index is 14.7. The number of sulfone groups is 1. The van der Waals surface area contributed by atoms with Crippen molar-refractivity contribution in [3.05, 3.63) is 64.5 Å². The van der Waals surface area contributed by atoms with Gasteiger partial charge in [0.05, 0.1) is 12.9 Å². The summed E-state index contributed by atoms with van der Waals surface area (Å²) in [4.78, 5) is 28.0. The molecule has 0 saturated carbocycles. The lowest BCUT2D eigenvalue weighted by atomic mass is 9.85. The highest BCUT2D eigenvalue weighted by molar-refractivity contribution is 7.90. The van der Waals surface area contributed by atoms with Gasteiger partial charge in [-0.15, -0.1) is 0 Å². The summed E-state index contributed by atoms with van der Waals surface area (Å²) >= 11 is 0. The number of hydrogen-bond acceptors (Lipinski definition) is 5. The molecule has 0 N–H and O–H groups in total. The fourth-order valence-corrected chi connectivity index (χ4v) is 4.88. The van der Waals surface area contributed by atoms with Gasteiger partial charge >= 0.3 is 0 Å². The zero-order valence-corrected chi connectivity index (χ0v) is 21.2.